The largest absolute Gasteiger partial charge is 0.494 e. The molecule has 2 aromatic carbocycles. The Labute approximate surface area is 179 Å². The van der Waals surface area contributed by atoms with Crippen LogP contribution in [-0.2, 0) is 6.54 Å². The molecule has 1 heterocycles. The number of benzene rings is 2. The molecule has 0 N–H and O–H groups in total. The SMILES string of the molecule is C=C/C=C\c1c([C@H](C)CC)c2cc(OCC)ccc2n1Cc1ccc(SC)cc1. The normalized spacial score (nSPS) is 12.6. The van der Waals surface area contributed by atoms with Crippen molar-refractivity contribution in [2.45, 2.75) is 44.6 Å². The van der Waals surface area contributed by atoms with Crippen LogP contribution in [0.3, 0.4) is 0 Å². The van der Waals surface area contributed by atoms with Gasteiger partial charge in [0.25, 0.3) is 0 Å². The van der Waals surface area contributed by atoms with Gasteiger partial charge in [-0.1, -0.05) is 44.7 Å². The first kappa shape index (κ1) is 21.3. The average molecular weight is 406 g/mol. The van der Waals surface area contributed by atoms with E-state index in [4.69, 9.17) is 4.74 Å². The minimum absolute atomic E-state index is 0.457. The fourth-order valence-corrected chi connectivity index (χ4v) is 4.19. The number of nitrogens with zero attached hydrogens (tertiary/aromatic N) is 1. The minimum atomic E-state index is 0.457. The van der Waals surface area contributed by atoms with Crippen LogP contribution in [0.2, 0.25) is 0 Å². The molecular formula is C26H31NOS. The Hall–Kier alpha value is -2.39. The highest BCUT2D eigenvalue weighted by Gasteiger charge is 2.20. The van der Waals surface area contributed by atoms with Crippen molar-refractivity contribution in [3.8, 4) is 5.75 Å². The van der Waals surface area contributed by atoms with E-state index in [0.29, 0.717) is 12.5 Å². The molecule has 0 saturated heterocycles. The van der Waals surface area contributed by atoms with Crippen molar-refractivity contribution in [1.29, 1.82) is 0 Å². The Morgan fingerprint density at radius 3 is 2.52 bits per heavy atom. The fraction of sp³-hybridized carbons (Fsp3) is 0.308. The molecule has 1 atom stereocenters. The molecule has 0 unspecified atom stereocenters. The van der Waals surface area contributed by atoms with Crippen LogP contribution in [0.4, 0.5) is 0 Å². The first-order chi connectivity index (χ1) is 14.1. The van der Waals surface area contributed by atoms with Gasteiger partial charge in [0, 0.05) is 28.0 Å². The molecule has 3 rings (SSSR count). The van der Waals surface area contributed by atoms with Gasteiger partial charge >= 0.3 is 0 Å². The summed E-state index contributed by atoms with van der Waals surface area (Å²) in [4.78, 5) is 1.29. The summed E-state index contributed by atoms with van der Waals surface area (Å²) in [6.07, 6.45) is 9.29. The van der Waals surface area contributed by atoms with E-state index in [9.17, 15) is 0 Å². The van der Waals surface area contributed by atoms with Crippen LogP contribution >= 0.6 is 11.8 Å². The molecule has 0 aliphatic rings. The van der Waals surface area contributed by atoms with Crippen molar-refractivity contribution in [3.63, 3.8) is 0 Å². The monoisotopic (exact) mass is 405 g/mol. The van der Waals surface area contributed by atoms with Crippen molar-refractivity contribution in [2.24, 2.45) is 0 Å². The molecule has 0 aliphatic heterocycles. The topological polar surface area (TPSA) is 14.2 Å². The van der Waals surface area contributed by atoms with E-state index in [-0.39, 0.29) is 0 Å². The second-order valence-corrected chi connectivity index (χ2v) is 8.13. The van der Waals surface area contributed by atoms with Gasteiger partial charge in [0.15, 0.2) is 0 Å². The zero-order chi connectivity index (χ0) is 20.8. The highest BCUT2D eigenvalue weighted by atomic mass is 32.2. The van der Waals surface area contributed by atoms with E-state index in [0.717, 1.165) is 18.7 Å². The van der Waals surface area contributed by atoms with Crippen LogP contribution in [0.1, 0.15) is 49.9 Å². The summed E-state index contributed by atoms with van der Waals surface area (Å²) in [6.45, 7) is 12.0. The Kier molecular flexibility index (Phi) is 7.27. The average Bonchev–Trinajstić information content (AvgIpc) is 3.05. The molecule has 1 aromatic heterocycles. The van der Waals surface area contributed by atoms with E-state index in [1.165, 1.54) is 32.6 Å². The number of ether oxygens (including phenoxy) is 1. The van der Waals surface area contributed by atoms with E-state index in [1.807, 2.05) is 19.1 Å². The molecule has 3 heteroatoms. The third-order valence-electron chi connectivity index (χ3n) is 5.42. The van der Waals surface area contributed by atoms with Gasteiger partial charge in [0.05, 0.1) is 6.61 Å². The Balaban J connectivity index is 2.21. The quantitative estimate of drug-likeness (QED) is 0.270. The van der Waals surface area contributed by atoms with Crippen molar-refractivity contribution in [1.82, 2.24) is 4.57 Å². The predicted octanol–water partition coefficient (Wildman–Crippen LogP) is 7.52. The molecule has 0 amide bonds. The lowest BCUT2D eigenvalue weighted by atomic mass is 9.95. The van der Waals surface area contributed by atoms with Gasteiger partial charge in [-0.3, -0.25) is 0 Å². The molecule has 0 aliphatic carbocycles. The number of aromatic nitrogens is 1. The molecule has 0 bridgehead atoms. The number of rotatable bonds is 9. The van der Waals surface area contributed by atoms with Crippen LogP contribution in [0.5, 0.6) is 5.75 Å². The third kappa shape index (κ3) is 4.62. The fourth-order valence-electron chi connectivity index (χ4n) is 3.78. The lowest BCUT2D eigenvalue weighted by Crippen LogP contribution is -2.03. The van der Waals surface area contributed by atoms with Gasteiger partial charge in [-0.25, -0.2) is 0 Å². The van der Waals surface area contributed by atoms with E-state index < -0.39 is 0 Å². The Morgan fingerprint density at radius 1 is 1.14 bits per heavy atom. The molecule has 0 fully saturated rings. The minimum Gasteiger partial charge on any atom is -0.494 e. The summed E-state index contributed by atoms with van der Waals surface area (Å²) in [5.41, 5.74) is 5.21. The summed E-state index contributed by atoms with van der Waals surface area (Å²) in [6, 6.07) is 15.4. The van der Waals surface area contributed by atoms with Gasteiger partial charge in [-0.05, 0) is 73.1 Å². The zero-order valence-electron chi connectivity index (χ0n) is 17.9. The van der Waals surface area contributed by atoms with Crippen LogP contribution < -0.4 is 4.74 Å². The van der Waals surface area contributed by atoms with Crippen molar-refractivity contribution in [3.05, 3.63) is 78.0 Å². The van der Waals surface area contributed by atoms with Crippen molar-refractivity contribution >= 4 is 28.7 Å². The number of hydrogen-bond acceptors (Lipinski definition) is 2. The lowest BCUT2D eigenvalue weighted by Gasteiger charge is -2.13. The number of hydrogen-bond donors (Lipinski definition) is 0. The molecule has 2 nitrogen and oxygen atoms in total. The smallest absolute Gasteiger partial charge is 0.120 e. The summed E-state index contributed by atoms with van der Waals surface area (Å²) < 4.78 is 8.24. The second-order valence-electron chi connectivity index (χ2n) is 7.25. The van der Waals surface area contributed by atoms with E-state index in [1.54, 1.807) is 11.8 Å². The van der Waals surface area contributed by atoms with Gasteiger partial charge < -0.3 is 9.30 Å². The second kappa shape index (κ2) is 9.89. The first-order valence-corrected chi connectivity index (χ1v) is 11.6. The maximum Gasteiger partial charge on any atom is 0.120 e. The van der Waals surface area contributed by atoms with E-state index in [2.05, 4.69) is 79.8 Å². The van der Waals surface area contributed by atoms with Gasteiger partial charge in [-0.15, -0.1) is 11.8 Å². The lowest BCUT2D eigenvalue weighted by molar-refractivity contribution is 0.340. The maximum atomic E-state index is 5.81. The molecule has 3 aromatic rings. The number of thioether (sulfide) groups is 1. The molecule has 0 saturated carbocycles. The van der Waals surface area contributed by atoms with Gasteiger partial charge in [0.2, 0.25) is 0 Å². The number of allylic oxidation sites excluding steroid dienone is 2. The van der Waals surface area contributed by atoms with Crippen LogP contribution in [-0.4, -0.2) is 17.4 Å². The molecule has 0 radical (unpaired) electrons. The Morgan fingerprint density at radius 2 is 1.90 bits per heavy atom. The summed E-state index contributed by atoms with van der Waals surface area (Å²) in [7, 11) is 0. The molecule has 152 valence electrons. The third-order valence-corrected chi connectivity index (χ3v) is 6.17. The van der Waals surface area contributed by atoms with Crippen molar-refractivity contribution in [2.75, 3.05) is 12.9 Å². The molecule has 29 heavy (non-hydrogen) atoms. The van der Waals surface area contributed by atoms with Gasteiger partial charge in [0.1, 0.15) is 5.75 Å². The van der Waals surface area contributed by atoms with Crippen LogP contribution in [0.25, 0.3) is 17.0 Å². The maximum absolute atomic E-state index is 5.81. The Bertz CT molecular complexity index is 998. The predicted molar refractivity (Wildman–Crippen MR) is 128 cm³/mol. The van der Waals surface area contributed by atoms with Crippen LogP contribution in [0, 0.1) is 0 Å². The summed E-state index contributed by atoms with van der Waals surface area (Å²) in [5, 5.41) is 1.29. The standard InChI is InChI=1S/C26H31NOS/c1-6-9-10-25-26(19(4)7-2)23-17-21(28-8-3)13-16-24(23)27(25)18-20-11-14-22(29-5)15-12-20/h6,9-17,19H,1,7-8,18H2,2-5H3/b10-9-/t19-/m1/s1. The van der Waals surface area contributed by atoms with Gasteiger partial charge in [-0.2, -0.15) is 0 Å². The summed E-state index contributed by atoms with van der Waals surface area (Å²) in [5.74, 6) is 1.39. The summed E-state index contributed by atoms with van der Waals surface area (Å²) >= 11 is 1.77. The van der Waals surface area contributed by atoms with Crippen molar-refractivity contribution < 1.29 is 4.74 Å². The number of fused-ring (bicyclic) bond motifs is 1. The molecule has 0 spiro atoms. The van der Waals surface area contributed by atoms with E-state index >= 15 is 0 Å². The molecular weight excluding hydrogens is 374 g/mol. The highest BCUT2D eigenvalue weighted by molar-refractivity contribution is 7.98. The van der Waals surface area contributed by atoms with Crippen LogP contribution in [0.15, 0.2) is 66.1 Å². The zero-order valence-corrected chi connectivity index (χ0v) is 18.8. The first-order valence-electron chi connectivity index (χ1n) is 10.3. The highest BCUT2D eigenvalue weighted by Crippen LogP contribution is 2.37.